The summed E-state index contributed by atoms with van der Waals surface area (Å²) in [6.45, 7) is 3.90. The van der Waals surface area contributed by atoms with E-state index in [4.69, 9.17) is 8.83 Å². The molecular weight excluding hydrogens is 300 g/mol. The number of furan rings is 2. The lowest BCUT2D eigenvalue weighted by atomic mass is 10.1. The van der Waals surface area contributed by atoms with Gasteiger partial charge in [-0.3, -0.25) is 4.90 Å². The van der Waals surface area contributed by atoms with Crippen LogP contribution in [0.3, 0.4) is 0 Å². The lowest BCUT2D eigenvalue weighted by molar-refractivity contribution is 0.142. The topological polar surface area (TPSA) is 41.6 Å². The average Bonchev–Trinajstić information content (AvgIpc) is 3.28. The van der Waals surface area contributed by atoms with Crippen LogP contribution in [0.1, 0.15) is 36.8 Å². The third kappa shape index (κ3) is 3.40. The fraction of sp³-hybridized carbons (Fsp3) is 0.400. The Labute approximate surface area is 142 Å². The van der Waals surface area contributed by atoms with Gasteiger partial charge in [-0.15, -0.1) is 0 Å². The van der Waals surface area contributed by atoms with Crippen LogP contribution >= 0.6 is 0 Å². The zero-order valence-electron chi connectivity index (χ0n) is 13.9. The van der Waals surface area contributed by atoms with Crippen molar-refractivity contribution in [3.05, 3.63) is 60.2 Å². The van der Waals surface area contributed by atoms with E-state index in [2.05, 4.69) is 28.4 Å². The van der Waals surface area contributed by atoms with Crippen molar-refractivity contribution in [2.24, 2.45) is 0 Å². The maximum Gasteiger partial charge on any atom is 0.134 e. The van der Waals surface area contributed by atoms with Gasteiger partial charge in [0.2, 0.25) is 0 Å². The van der Waals surface area contributed by atoms with E-state index in [9.17, 15) is 0 Å². The molecule has 4 heteroatoms. The Kier molecular flexibility index (Phi) is 4.67. The maximum absolute atomic E-state index is 5.89. The summed E-state index contributed by atoms with van der Waals surface area (Å²) in [6.07, 6.45) is 5.67. The summed E-state index contributed by atoms with van der Waals surface area (Å²) in [4.78, 5) is 2.54. The van der Waals surface area contributed by atoms with Crippen LogP contribution in [-0.2, 0) is 6.54 Å². The second-order valence-corrected chi connectivity index (χ2v) is 6.51. The first-order valence-electron chi connectivity index (χ1n) is 8.86. The van der Waals surface area contributed by atoms with Crippen molar-refractivity contribution in [3.8, 4) is 0 Å². The number of nitrogens with one attached hydrogen (secondary N) is 1. The summed E-state index contributed by atoms with van der Waals surface area (Å²) < 4.78 is 11.6. The van der Waals surface area contributed by atoms with E-state index in [-0.39, 0.29) is 0 Å². The third-order valence-corrected chi connectivity index (χ3v) is 4.82. The first-order valence-corrected chi connectivity index (χ1v) is 8.86. The van der Waals surface area contributed by atoms with Crippen LogP contribution < -0.4 is 5.32 Å². The van der Waals surface area contributed by atoms with Crippen LogP contribution in [0.4, 0.5) is 0 Å². The number of likely N-dealkylation sites (tertiary alicyclic amines) is 1. The minimum absolute atomic E-state index is 0.296. The molecule has 1 aliphatic rings. The first-order chi connectivity index (χ1) is 11.9. The van der Waals surface area contributed by atoms with Crippen molar-refractivity contribution in [3.63, 3.8) is 0 Å². The number of fused-ring (bicyclic) bond motifs is 1. The normalized spacial score (nSPS) is 17.3. The molecule has 3 aromatic rings. The Balaban J connectivity index is 1.41. The fourth-order valence-electron chi connectivity index (χ4n) is 3.58. The predicted octanol–water partition coefficient (Wildman–Crippen LogP) is 4.34. The number of nitrogens with zero attached hydrogens (tertiary/aromatic N) is 1. The Hall–Kier alpha value is -2.04. The number of hydrogen-bond donors (Lipinski definition) is 1. The lowest BCUT2D eigenvalue weighted by Gasteiger charge is -2.33. The number of benzene rings is 1. The van der Waals surface area contributed by atoms with Crippen LogP contribution in [-0.4, -0.2) is 24.5 Å². The highest BCUT2D eigenvalue weighted by Gasteiger charge is 2.24. The summed E-state index contributed by atoms with van der Waals surface area (Å²) >= 11 is 0. The highest BCUT2D eigenvalue weighted by molar-refractivity contribution is 5.77. The molecule has 0 radical (unpaired) electrons. The third-order valence-electron chi connectivity index (χ3n) is 4.82. The van der Waals surface area contributed by atoms with Crippen LogP contribution in [0, 0.1) is 0 Å². The monoisotopic (exact) mass is 324 g/mol. The van der Waals surface area contributed by atoms with E-state index < -0.39 is 0 Å². The second kappa shape index (κ2) is 7.24. The Bertz CT molecular complexity index is 724. The van der Waals surface area contributed by atoms with E-state index in [1.165, 1.54) is 19.3 Å². The Morgan fingerprint density at radius 3 is 2.71 bits per heavy atom. The lowest BCUT2D eigenvalue weighted by Crippen LogP contribution is -2.38. The molecule has 1 atom stereocenters. The minimum atomic E-state index is 0.296. The molecule has 1 aromatic carbocycles. The van der Waals surface area contributed by atoms with Gasteiger partial charge in [0.1, 0.15) is 17.1 Å². The second-order valence-electron chi connectivity index (χ2n) is 6.51. The number of piperidine rings is 1. The van der Waals surface area contributed by atoms with Crippen LogP contribution in [0.2, 0.25) is 0 Å². The average molecular weight is 324 g/mol. The zero-order chi connectivity index (χ0) is 16.2. The van der Waals surface area contributed by atoms with Crippen molar-refractivity contribution in [1.29, 1.82) is 0 Å². The molecule has 4 nitrogen and oxygen atoms in total. The molecule has 0 saturated carbocycles. The van der Waals surface area contributed by atoms with E-state index >= 15 is 0 Å². The molecule has 24 heavy (non-hydrogen) atoms. The number of hydrogen-bond acceptors (Lipinski definition) is 4. The molecule has 4 rings (SSSR count). The van der Waals surface area contributed by atoms with Gasteiger partial charge in [0.15, 0.2) is 0 Å². The summed E-state index contributed by atoms with van der Waals surface area (Å²) in [7, 11) is 0. The molecule has 3 heterocycles. The zero-order valence-corrected chi connectivity index (χ0v) is 13.9. The number of para-hydroxylation sites is 1. The molecule has 1 N–H and O–H groups in total. The Morgan fingerprint density at radius 2 is 1.92 bits per heavy atom. The molecule has 0 spiro atoms. The van der Waals surface area contributed by atoms with E-state index in [0.717, 1.165) is 48.7 Å². The first kappa shape index (κ1) is 15.5. The van der Waals surface area contributed by atoms with E-state index in [1.54, 1.807) is 6.26 Å². The van der Waals surface area contributed by atoms with Crippen molar-refractivity contribution < 1.29 is 8.83 Å². The van der Waals surface area contributed by atoms with Crippen LogP contribution in [0.5, 0.6) is 0 Å². The van der Waals surface area contributed by atoms with Gasteiger partial charge in [0.05, 0.1) is 18.8 Å². The van der Waals surface area contributed by atoms with Gasteiger partial charge in [-0.25, -0.2) is 0 Å². The van der Waals surface area contributed by atoms with E-state index in [0.29, 0.717) is 6.04 Å². The van der Waals surface area contributed by atoms with Gasteiger partial charge in [-0.2, -0.15) is 0 Å². The van der Waals surface area contributed by atoms with Gasteiger partial charge in [-0.1, -0.05) is 24.6 Å². The van der Waals surface area contributed by atoms with Gasteiger partial charge >= 0.3 is 0 Å². The summed E-state index contributed by atoms with van der Waals surface area (Å²) in [5, 5.41) is 4.71. The molecule has 1 saturated heterocycles. The molecule has 1 fully saturated rings. The van der Waals surface area contributed by atoms with Gasteiger partial charge in [0.25, 0.3) is 0 Å². The van der Waals surface area contributed by atoms with Gasteiger partial charge in [-0.05, 0) is 50.2 Å². The molecular formula is C20H24N2O2. The standard InChI is InChI=1S/C20H24N2O2/c1-4-10-22(11-5-1)18(20-9-6-12-23-20)15-21-14-17-13-16-7-2-3-8-19(16)24-17/h2-3,6-9,12-13,18,21H,1,4-5,10-11,14-15H2. The highest BCUT2D eigenvalue weighted by atomic mass is 16.3. The van der Waals surface area contributed by atoms with Gasteiger partial charge in [0, 0.05) is 11.9 Å². The van der Waals surface area contributed by atoms with Crippen LogP contribution in [0.15, 0.2) is 57.6 Å². The smallest absolute Gasteiger partial charge is 0.134 e. The predicted molar refractivity (Wildman–Crippen MR) is 94.8 cm³/mol. The SMILES string of the molecule is c1coc(C(CNCc2cc3ccccc3o2)N2CCCCC2)c1. The molecule has 0 amide bonds. The minimum Gasteiger partial charge on any atom is -0.468 e. The fourth-order valence-corrected chi connectivity index (χ4v) is 3.58. The summed E-state index contributed by atoms with van der Waals surface area (Å²) in [5.41, 5.74) is 0.952. The summed E-state index contributed by atoms with van der Waals surface area (Å²) in [6, 6.07) is 14.6. The number of rotatable bonds is 6. The quantitative estimate of drug-likeness (QED) is 0.732. The Morgan fingerprint density at radius 1 is 1.04 bits per heavy atom. The van der Waals surface area contributed by atoms with Crippen molar-refractivity contribution >= 4 is 11.0 Å². The molecule has 1 aliphatic heterocycles. The summed E-state index contributed by atoms with van der Waals surface area (Å²) in [5.74, 6) is 2.03. The van der Waals surface area contributed by atoms with Crippen molar-refractivity contribution in [2.75, 3.05) is 19.6 Å². The molecule has 126 valence electrons. The molecule has 2 aromatic heterocycles. The maximum atomic E-state index is 5.89. The largest absolute Gasteiger partial charge is 0.468 e. The molecule has 0 aliphatic carbocycles. The van der Waals surface area contributed by atoms with E-state index in [1.807, 2.05) is 24.3 Å². The molecule has 0 bridgehead atoms. The molecule has 1 unspecified atom stereocenters. The van der Waals surface area contributed by atoms with Gasteiger partial charge < -0.3 is 14.2 Å². The highest BCUT2D eigenvalue weighted by Crippen LogP contribution is 2.25. The van der Waals surface area contributed by atoms with Crippen molar-refractivity contribution in [2.45, 2.75) is 31.8 Å². The van der Waals surface area contributed by atoms with Crippen LogP contribution in [0.25, 0.3) is 11.0 Å². The van der Waals surface area contributed by atoms with Crippen molar-refractivity contribution in [1.82, 2.24) is 10.2 Å².